The molecular formula is C18H35N7O6. The van der Waals surface area contributed by atoms with Gasteiger partial charge in [0.15, 0.2) is 5.96 Å². The molecule has 0 aromatic carbocycles. The van der Waals surface area contributed by atoms with Crippen molar-refractivity contribution in [2.45, 2.75) is 64.3 Å². The molecule has 4 unspecified atom stereocenters. The van der Waals surface area contributed by atoms with Crippen LogP contribution in [-0.4, -0.2) is 77.2 Å². The molecule has 0 heterocycles. The average molecular weight is 446 g/mol. The molecule has 31 heavy (non-hydrogen) atoms. The van der Waals surface area contributed by atoms with E-state index in [9.17, 15) is 24.3 Å². The second-order valence-corrected chi connectivity index (χ2v) is 7.59. The van der Waals surface area contributed by atoms with Gasteiger partial charge in [0.25, 0.3) is 0 Å². The Morgan fingerprint density at radius 2 is 1.65 bits per heavy atom. The maximum atomic E-state index is 12.3. The van der Waals surface area contributed by atoms with Crippen LogP contribution in [0.15, 0.2) is 4.99 Å². The largest absolute Gasteiger partial charge is 0.480 e. The van der Waals surface area contributed by atoms with Gasteiger partial charge in [-0.1, -0.05) is 13.8 Å². The Labute approximate surface area is 181 Å². The van der Waals surface area contributed by atoms with Crippen molar-refractivity contribution in [2.24, 2.45) is 28.1 Å². The molecule has 178 valence electrons. The number of nitrogens with zero attached hydrogens (tertiary/aromatic N) is 1. The molecule has 0 spiro atoms. The number of nitrogens with two attached hydrogens (primary N) is 3. The van der Waals surface area contributed by atoms with Crippen LogP contribution in [0.2, 0.25) is 0 Å². The number of rotatable bonds is 14. The minimum Gasteiger partial charge on any atom is -0.480 e. The lowest BCUT2D eigenvalue weighted by Gasteiger charge is -2.23. The van der Waals surface area contributed by atoms with Gasteiger partial charge in [-0.2, -0.15) is 0 Å². The standard InChI is InChI=1S/C18H35N7O6/c1-9(2)7-12(17(30)31)24-13(27)8-23-16(29)14(10(3)26)25-15(28)11(19)5-4-6-22-18(20)21/h9-12,14,26H,4-8,19H2,1-3H3,(H,23,29)(H,24,27)(H,25,28)(H,30,31)(H4,20,21,22). The third-order valence-electron chi connectivity index (χ3n) is 4.13. The van der Waals surface area contributed by atoms with Gasteiger partial charge in [-0.05, 0) is 32.1 Å². The maximum Gasteiger partial charge on any atom is 0.326 e. The number of hydrogen-bond acceptors (Lipinski definition) is 7. The van der Waals surface area contributed by atoms with Gasteiger partial charge in [0.2, 0.25) is 17.7 Å². The smallest absolute Gasteiger partial charge is 0.326 e. The first kappa shape index (κ1) is 28.1. The number of hydrogen-bond donors (Lipinski definition) is 8. The van der Waals surface area contributed by atoms with Crippen LogP contribution in [0.3, 0.4) is 0 Å². The molecule has 13 nitrogen and oxygen atoms in total. The van der Waals surface area contributed by atoms with E-state index in [0.717, 1.165) is 0 Å². The summed E-state index contributed by atoms with van der Waals surface area (Å²) in [6.45, 7) is 4.67. The lowest BCUT2D eigenvalue weighted by atomic mass is 10.0. The van der Waals surface area contributed by atoms with Crippen molar-refractivity contribution in [3.63, 3.8) is 0 Å². The number of aliphatic carboxylic acids is 1. The summed E-state index contributed by atoms with van der Waals surface area (Å²) in [6.07, 6.45) is -0.374. The zero-order valence-corrected chi connectivity index (χ0v) is 18.1. The van der Waals surface area contributed by atoms with Crippen LogP contribution in [-0.2, 0) is 19.2 Å². The predicted molar refractivity (Wildman–Crippen MR) is 114 cm³/mol. The number of amides is 3. The van der Waals surface area contributed by atoms with Gasteiger partial charge >= 0.3 is 5.97 Å². The van der Waals surface area contributed by atoms with E-state index in [-0.39, 0.29) is 31.3 Å². The molecule has 0 saturated carbocycles. The Morgan fingerprint density at radius 3 is 2.13 bits per heavy atom. The Kier molecular flexibility index (Phi) is 12.8. The SMILES string of the molecule is CC(C)CC(NC(=O)CNC(=O)C(NC(=O)C(N)CCCN=C(N)N)C(C)O)C(=O)O. The molecule has 0 aromatic rings. The highest BCUT2D eigenvalue weighted by Gasteiger charge is 2.28. The zero-order chi connectivity index (χ0) is 24.1. The molecule has 13 heteroatoms. The number of carboxylic acids is 1. The highest BCUT2D eigenvalue weighted by atomic mass is 16.4. The lowest BCUT2D eigenvalue weighted by molar-refractivity contribution is -0.142. The van der Waals surface area contributed by atoms with E-state index in [1.165, 1.54) is 6.92 Å². The number of aliphatic hydroxyl groups is 1. The van der Waals surface area contributed by atoms with Gasteiger partial charge in [-0.15, -0.1) is 0 Å². The van der Waals surface area contributed by atoms with Crippen LogP contribution >= 0.6 is 0 Å². The Bertz CT molecular complexity index is 649. The number of aliphatic imine (C=N–C) groups is 1. The normalized spacial score (nSPS) is 14.6. The zero-order valence-electron chi connectivity index (χ0n) is 18.1. The molecule has 3 amide bonds. The molecule has 0 aliphatic carbocycles. The first-order chi connectivity index (χ1) is 14.3. The van der Waals surface area contributed by atoms with Crippen LogP contribution in [0.25, 0.3) is 0 Å². The highest BCUT2D eigenvalue weighted by Crippen LogP contribution is 2.05. The van der Waals surface area contributed by atoms with Crippen LogP contribution in [0.5, 0.6) is 0 Å². The van der Waals surface area contributed by atoms with Gasteiger partial charge in [0.05, 0.1) is 18.7 Å². The second-order valence-electron chi connectivity index (χ2n) is 7.59. The number of carbonyl (C=O) groups is 4. The van der Waals surface area contributed by atoms with Gasteiger partial charge in [-0.25, -0.2) is 4.79 Å². The summed E-state index contributed by atoms with van der Waals surface area (Å²) < 4.78 is 0. The van der Waals surface area contributed by atoms with Gasteiger partial charge < -0.3 is 43.4 Å². The quantitative estimate of drug-likeness (QED) is 0.0769. The monoisotopic (exact) mass is 445 g/mol. The van der Waals surface area contributed by atoms with Gasteiger partial charge in [0.1, 0.15) is 12.1 Å². The average Bonchev–Trinajstić information content (AvgIpc) is 2.65. The van der Waals surface area contributed by atoms with Crippen molar-refractivity contribution in [3.05, 3.63) is 0 Å². The highest BCUT2D eigenvalue weighted by molar-refractivity contribution is 5.92. The molecule has 0 rings (SSSR count). The fourth-order valence-electron chi connectivity index (χ4n) is 2.53. The summed E-state index contributed by atoms with van der Waals surface area (Å²) in [4.78, 5) is 51.5. The van der Waals surface area contributed by atoms with Crippen molar-refractivity contribution in [1.82, 2.24) is 16.0 Å². The molecule has 11 N–H and O–H groups in total. The summed E-state index contributed by atoms with van der Waals surface area (Å²) in [7, 11) is 0. The van der Waals surface area contributed by atoms with E-state index >= 15 is 0 Å². The molecule has 0 aliphatic rings. The summed E-state index contributed by atoms with van der Waals surface area (Å²) in [5.41, 5.74) is 16.2. The van der Waals surface area contributed by atoms with Crippen molar-refractivity contribution in [3.8, 4) is 0 Å². The van der Waals surface area contributed by atoms with Crippen LogP contribution in [0, 0.1) is 5.92 Å². The summed E-state index contributed by atoms with van der Waals surface area (Å²) >= 11 is 0. The van der Waals surface area contributed by atoms with Crippen molar-refractivity contribution in [2.75, 3.05) is 13.1 Å². The van der Waals surface area contributed by atoms with E-state index in [4.69, 9.17) is 22.3 Å². The molecule has 0 fully saturated rings. The molecule has 0 saturated heterocycles. The minimum atomic E-state index is -1.35. The first-order valence-electron chi connectivity index (χ1n) is 9.94. The third-order valence-corrected chi connectivity index (χ3v) is 4.13. The summed E-state index contributed by atoms with van der Waals surface area (Å²) in [5.74, 6) is -3.42. The number of carbonyl (C=O) groups excluding carboxylic acids is 3. The number of carboxylic acid groups (broad SMARTS) is 1. The molecule has 0 radical (unpaired) electrons. The fraction of sp³-hybridized carbons (Fsp3) is 0.722. The Morgan fingerprint density at radius 1 is 1.03 bits per heavy atom. The molecule has 4 atom stereocenters. The van der Waals surface area contributed by atoms with E-state index < -0.39 is 54.5 Å². The molecule has 0 aromatic heterocycles. The maximum absolute atomic E-state index is 12.3. The van der Waals surface area contributed by atoms with E-state index in [1.54, 1.807) is 0 Å². The van der Waals surface area contributed by atoms with Crippen molar-refractivity contribution >= 4 is 29.7 Å². The molecule has 0 bridgehead atoms. The van der Waals surface area contributed by atoms with E-state index in [0.29, 0.717) is 6.42 Å². The van der Waals surface area contributed by atoms with Crippen LogP contribution in [0.1, 0.15) is 40.0 Å². The fourth-order valence-corrected chi connectivity index (χ4v) is 2.53. The second kappa shape index (κ2) is 14.1. The van der Waals surface area contributed by atoms with Crippen LogP contribution in [0.4, 0.5) is 0 Å². The van der Waals surface area contributed by atoms with Crippen molar-refractivity contribution in [1.29, 1.82) is 0 Å². The Hall–Kier alpha value is -2.93. The van der Waals surface area contributed by atoms with Gasteiger partial charge in [-0.3, -0.25) is 19.4 Å². The van der Waals surface area contributed by atoms with Crippen LogP contribution < -0.4 is 33.2 Å². The lowest BCUT2D eigenvalue weighted by Crippen LogP contribution is -2.57. The number of nitrogens with one attached hydrogen (secondary N) is 3. The summed E-state index contributed by atoms with van der Waals surface area (Å²) in [5, 5.41) is 25.9. The predicted octanol–water partition coefficient (Wildman–Crippen LogP) is -3.04. The Balaban J connectivity index is 4.70. The number of guanidine groups is 1. The van der Waals surface area contributed by atoms with Gasteiger partial charge in [0, 0.05) is 6.54 Å². The van der Waals surface area contributed by atoms with Crippen molar-refractivity contribution < 1.29 is 29.4 Å². The van der Waals surface area contributed by atoms with E-state index in [1.807, 2.05) is 13.8 Å². The van der Waals surface area contributed by atoms with E-state index in [2.05, 4.69) is 20.9 Å². The molecule has 0 aliphatic heterocycles. The number of aliphatic hydroxyl groups excluding tert-OH is 1. The minimum absolute atomic E-state index is 0.0366. The first-order valence-corrected chi connectivity index (χ1v) is 9.94. The third kappa shape index (κ3) is 12.4. The molecular weight excluding hydrogens is 410 g/mol. The topological polar surface area (TPSA) is 235 Å². The summed E-state index contributed by atoms with van der Waals surface area (Å²) in [6, 6.07) is -3.40.